The third-order valence-electron chi connectivity index (χ3n) is 10.5. The third kappa shape index (κ3) is 6.90. The van der Waals surface area contributed by atoms with Gasteiger partial charge in [-0.05, 0) is 71.3 Å². The number of benzene rings is 3. The number of carboxylic acid groups (broad SMARTS) is 1. The zero-order valence-corrected chi connectivity index (χ0v) is 28.5. The Balaban J connectivity index is 0.000000166. The first-order valence-electron chi connectivity index (χ1n) is 17.4. The first-order chi connectivity index (χ1) is 25.1. The first-order valence-corrected chi connectivity index (χ1v) is 17.4. The molecule has 1 aliphatic heterocycles. The number of anilines is 1. The third-order valence-corrected chi connectivity index (χ3v) is 10.5. The van der Waals surface area contributed by atoms with E-state index in [9.17, 15) is 27.9 Å². The van der Waals surface area contributed by atoms with Crippen molar-refractivity contribution in [2.75, 3.05) is 18.8 Å². The van der Waals surface area contributed by atoms with Gasteiger partial charge in [0.15, 0.2) is 11.5 Å². The Morgan fingerprint density at radius 2 is 1.75 bits per heavy atom. The van der Waals surface area contributed by atoms with E-state index in [4.69, 9.17) is 10.3 Å². The number of piperidine rings is 1. The molecule has 0 unspecified atom stereocenters. The minimum Gasteiger partial charge on any atom is -0.481 e. The standard InChI is InChI=1S/C20H21F2N3O4.C20H17FN2/c21-11-4-5-13(15(22)8-11)18-9-17(24-29-18)19(26)23-16-6-7-25(12-2-1-3-12)10-14(16)20(27)28;1-12(20-18(21)7-4-10-23-20)14-8-9-16-15-6-3-2-5-13(15)11-17(16)19(14)22/h4-5,8-9,12,14,16H,1-3,6-7,10H2,(H,23,26)(H,27,28);2-10,12H,11,22H2,1H3/t14-,16-;12-/m01/s1. The predicted octanol–water partition coefficient (Wildman–Crippen LogP) is 7.20. The SMILES string of the molecule is C[C@H](c1ccc2c(c1N)Cc1ccccc1-2)c1ncccc1F.O=C(N[C@H]1CCN(C2CCC2)C[C@@H]1C(=O)O)c1cc(-c2ccc(F)cc2F)on1. The Hall–Kier alpha value is -5.49. The predicted molar refractivity (Wildman–Crippen MR) is 189 cm³/mol. The lowest BCUT2D eigenvalue weighted by molar-refractivity contribution is -0.145. The summed E-state index contributed by atoms with van der Waals surface area (Å²) in [6.45, 7) is 3.08. The molecule has 1 amide bonds. The Kier molecular flexibility index (Phi) is 9.83. The number of aromatic nitrogens is 2. The molecule has 5 aromatic rings. The van der Waals surface area contributed by atoms with Gasteiger partial charge in [0.05, 0.1) is 17.2 Å². The lowest BCUT2D eigenvalue weighted by Gasteiger charge is -2.44. The maximum atomic E-state index is 14.0. The number of likely N-dealkylation sites (tertiary alicyclic amines) is 1. The van der Waals surface area contributed by atoms with E-state index >= 15 is 0 Å². The van der Waals surface area contributed by atoms with Crippen LogP contribution >= 0.6 is 0 Å². The van der Waals surface area contributed by atoms with Crippen LogP contribution in [-0.4, -0.2) is 57.2 Å². The summed E-state index contributed by atoms with van der Waals surface area (Å²) >= 11 is 0. The van der Waals surface area contributed by atoms with Crippen LogP contribution in [0.2, 0.25) is 0 Å². The highest BCUT2D eigenvalue weighted by molar-refractivity contribution is 5.93. The Morgan fingerprint density at radius 3 is 2.48 bits per heavy atom. The second kappa shape index (κ2) is 14.6. The largest absolute Gasteiger partial charge is 0.481 e. The van der Waals surface area contributed by atoms with Gasteiger partial charge in [0, 0.05) is 61.5 Å². The number of fused-ring (bicyclic) bond motifs is 3. The lowest BCUT2D eigenvalue weighted by Crippen LogP contribution is -2.56. The number of nitrogens with one attached hydrogen (secondary N) is 1. The van der Waals surface area contributed by atoms with E-state index in [-0.39, 0.29) is 28.8 Å². The second-order valence-corrected chi connectivity index (χ2v) is 13.6. The van der Waals surface area contributed by atoms with Crippen LogP contribution in [0.1, 0.15) is 71.4 Å². The molecule has 0 radical (unpaired) electrons. The molecule has 3 aliphatic rings. The number of rotatable bonds is 7. The fraction of sp³-hybridized carbons (Fsp3) is 0.300. The molecule has 2 fully saturated rings. The average Bonchev–Trinajstić information content (AvgIpc) is 3.75. The van der Waals surface area contributed by atoms with Crippen molar-refractivity contribution in [2.24, 2.45) is 5.92 Å². The van der Waals surface area contributed by atoms with Gasteiger partial charge >= 0.3 is 5.97 Å². The van der Waals surface area contributed by atoms with Crippen LogP contribution in [-0.2, 0) is 11.2 Å². The van der Waals surface area contributed by atoms with E-state index in [0.29, 0.717) is 30.8 Å². The minimum absolute atomic E-state index is 0.0118. The minimum atomic E-state index is -0.950. The zero-order valence-electron chi connectivity index (χ0n) is 28.5. The summed E-state index contributed by atoms with van der Waals surface area (Å²) in [6, 6.07) is 19.7. The Labute approximate surface area is 298 Å². The van der Waals surface area contributed by atoms with Gasteiger partial charge in [0.25, 0.3) is 5.91 Å². The molecule has 8 rings (SSSR count). The molecule has 3 aromatic carbocycles. The summed E-state index contributed by atoms with van der Waals surface area (Å²) in [5.74, 6) is -4.28. The average molecular weight is 710 g/mol. The monoisotopic (exact) mass is 709 g/mol. The lowest BCUT2D eigenvalue weighted by atomic mass is 9.85. The van der Waals surface area contributed by atoms with Crippen LogP contribution in [0.25, 0.3) is 22.5 Å². The van der Waals surface area contributed by atoms with Gasteiger partial charge < -0.3 is 20.7 Å². The van der Waals surface area contributed by atoms with Gasteiger partial charge in [0.1, 0.15) is 17.5 Å². The van der Waals surface area contributed by atoms with Crippen molar-refractivity contribution in [3.05, 3.63) is 125 Å². The van der Waals surface area contributed by atoms with E-state index in [0.717, 1.165) is 48.7 Å². The first kappa shape index (κ1) is 34.9. The fourth-order valence-electron chi connectivity index (χ4n) is 7.42. The number of aliphatic carboxylic acids is 1. The second-order valence-electron chi connectivity index (χ2n) is 13.6. The molecule has 1 saturated carbocycles. The summed E-state index contributed by atoms with van der Waals surface area (Å²) in [7, 11) is 0. The maximum Gasteiger partial charge on any atom is 0.309 e. The van der Waals surface area contributed by atoms with Crippen molar-refractivity contribution in [1.82, 2.24) is 20.4 Å². The number of pyridine rings is 1. The van der Waals surface area contributed by atoms with Crippen molar-refractivity contribution < 1.29 is 32.4 Å². The van der Waals surface area contributed by atoms with Gasteiger partial charge in [-0.2, -0.15) is 0 Å². The quantitative estimate of drug-likeness (QED) is 0.148. The smallest absolute Gasteiger partial charge is 0.309 e. The van der Waals surface area contributed by atoms with Gasteiger partial charge in [-0.1, -0.05) is 54.9 Å². The number of hydrogen-bond acceptors (Lipinski definition) is 7. The number of carboxylic acids is 1. The molecule has 1 saturated heterocycles. The van der Waals surface area contributed by atoms with E-state index in [1.165, 1.54) is 41.3 Å². The van der Waals surface area contributed by atoms with Crippen molar-refractivity contribution in [3.63, 3.8) is 0 Å². The summed E-state index contributed by atoms with van der Waals surface area (Å²) in [6.07, 6.45) is 6.33. The van der Waals surface area contributed by atoms with Gasteiger partial charge in [-0.25, -0.2) is 13.2 Å². The van der Waals surface area contributed by atoms with Crippen LogP contribution < -0.4 is 11.1 Å². The topological polar surface area (TPSA) is 135 Å². The molecule has 2 aliphatic carbocycles. The highest BCUT2D eigenvalue weighted by Gasteiger charge is 2.39. The molecule has 9 nitrogen and oxygen atoms in total. The van der Waals surface area contributed by atoms with E-state index in [2.05, 4.69) is 38.6 Å². The number of carbonyl (C=O) groups is 2. The Bertz CT molecular complexity index is 2130. The molecule has 12 heteroatoms. The van der Waals surface area contributed by atoms with E-state index < -0.39 is 35.5 Å². The molecular formula is C40H38F3N5O4. The molecule has 2 aromatic heterocycles. The van der Waals surface area contributed by atoms with Gasteiger partial charge in [0.2, 0.25) is 0 Å². The number of halogens is 3. The fourth-order valence-corrected chi connectivity index (χ4v) is 7.42. The highest BCUT2D eigenvalue weighted by Crippen LogP contribution is 2.43. The van der Waals surface area contributed by atoms with Crippen LogP contribution in [0.3, 0.4) is 0 Å². The summed E-state index contributed by atoms with van der Waals surface area (Å²) in [5, 5.41) is 16.0. The molecule has 0 spiro atoms. The number of amides is 1. The van der Waals surface area contributed by atoms with Crippen LogP contribution in [0.15, 0.2) is 83.5 Å². The number of nitrogens with zero attached hydrogens (tertiary/aromatic N) is 3. The number of hydrogen-bond donors (Lipinski definition) is 3. The van der Waals surface area contributed by atoms with Crippen LogP contribution in [0.5, 0.6) is 0 Å². The summed E-state index contributed by atoms with van der Waals surface area (Å²) in [4.78, 5) is 30.7. The van der Waals surface area contributed by atoms with Crippen molar-refractivity contribution in [1.29, 1.82) is 0 Å². The van der Waals surface area contributed by atoms with Crippen molar-refractivity contribution in [3.8, 4) is 22.5 Å². The molecule has 52 heavy (non-hydrogen) atoms. The van der Waals surface area contributed by atoms with E-state index in [1.54, 1.807) is 12.3 Å². The molecule has 268 valence electrons. The molecule has 0 bridgehead atoms. The number of carbonyl (C=O) groups excluding carboxylic acids is 1. The van der Waals surface area contributed by atoms with Crippen LogP contribution in [0.4, 0.5) is 18.9 Å². The van der Waals surface area contributed by atoms with Gasteiger partial charge in [-0.3, -0.25) is 19.5 Å². The number of nitrogen functional groups attached to an aromatic ring is 1. The van der Waals surface area contributed by atoms with E-state index in [1.807, 2.05) is 25.1 Å². The zero-order chi connectivity index (χ0) is 36.5. The van der Waals surface area contributed by atoms with Crippen molar-refractivity contribution in [2.45, 2.75) is 57.0 Å². The molecule has 3 heterocycles. The maximum absolute atomic E-state index is 14.0. The van der Waals surface area contributed by atoms with Crippen molar-refractivity contribution >= 4 is 17.6 Å². The normalized spacial score (nSPS) is 18.7. The Morgan fingerprint density at radius 1 is 0.962 bits per heavy atom. The molecule has 4 N–H and O–H groups in total. The summed E-state index contributed by atoms with van der Waals surface area (Å²) < 4.78 is 46.0. The number of nitrogens with two attached hydrogens (primary N) is 1. The van der Waals surface area contributed by atoms with Crippen LogP contribution in [0, 0.1) is 23.4 Å². The summed E-state index contributed by atoms with van der Waals surface area (Å²) in [5.41, 5.74) is 13.4. The highest BCUT2D eigenvalue weighted by atomic mass is 19.1. The molecule has 3 atom stereocenters. The van der Waals surface area contributed by atoms with Gasteiger partial charge in [-0.15, -0.1) is 0 Å². The molecular weight excluding hydrogens is 671 g/mol.